The molecule has 0 fully saturated rings. The molecule has 3 nitrogen and oxygen atoms in total. The fraction of sp³-hybridized carbons (Fsp3) is 0.351. The highest BCUT2D eigenvalue weighted by Gasteiger charge is 2.46. The lowest BCUT2D eigenvalue weighted by molar-refractivity contribution is 0.423. The minimum atomic E-state index is -0.134. The Bertz CT molecular complexity index is 1550. The summed E-state index contributed by atoms with van der Waals surface area (Å²) in [5.74, 6) is 0.960. The van der Waals surface area contributed by atoms with Gasteiger partial charge in [0.2, 0.25) is 0 Å². The van der Waals surface area contributed by atoms with Gasteiger partial charge in [-0.1, -0.05) is 95.6 Å². The average molecular weight is 535 g/mol. The highest BCUT2D eigenvalue weighted by atomic mass is 16.3. The zero-order chi connectivity index (χ0) is 29.1. The first-order valence-electron chi connectivity index (χ1n) is 14.2. The average Bonchev–Trinajstić information content (AvgIpc) is 3.22. The number of aryl methyl sites for hydroxylation is 1. The standard InChI is InChI=1S/C19H22O.C18H20O2/c1-13-5-7-14(8-6-13)19(4)12-18(2,3)17-11-15(20)9-10-16(17)19;1-17(2)11-18(3,12-4-6-13(19)7-5-12)16-10-14(20)8-9-15(16)17/h5-11,20H,12H2,1-4H3;4-10,19-20H,11H2,1-3H3. The van der Waals surface area contributed by atoms with E-state index in [2.05, 4.69) is 78.8 Å². The van der Waals surface area contributed by atoms with Crippen LogP contribution in [0.1, 0.15) is 93.3 Å². The molecule has 2 aliphatic carbocycles. The Labute approximate surface area is 239 Å². The lowest BCUT2D eigenvalue weighted by atomic mass is 9.75. The van der Waals surface area contributed by atoms with E-state index in [0.29, 0.717) is 11.5 Å². The highest BCUT2D eigenvalue weighted by molar-refractivity contribution is 5.55. The van der Waals surface area contributed by atoms with Crippen LogP contribution in [-0.2, 0) is 21.7 Å². The van der Waals surface area contributed by atoms with E-state index < -0.39 is 0 Å². The van der Waals surface area contributed by atoms with Crippen LogP contribution in [0.3, 0.4) is 0 Å². The van der Waals surface area contributed by atoms with E-state index in [1.807, 2.05) is 36.4 Å². The third kappa shape index (κ3) is 4.66. The molecule has 0 aliphatic heterocycles. The summed E-state index contributed by atoms with van der Waals surface area (Å²) in [6.07, 6.45) is 2.06. The number of fused-ring (bicyclic) bond motifs is 2. The number of hydrogen-bond acceptors (Lipinski definition) is 3. The summed E-state index contributed by atoms with van der Waals surface area (Å²) in [6.45, 7) is 15.7. The molecule has 0 amide bonds. The molecular weight excluding hydrogens is 492 g/mol. The molecule has 4 aromatic rings. The molecule has 2 atom stereocenters. The van der Waals surface area contributed by atoms with Crippen LogP contribution in [-0.4, -0.2) is 15.3 Å². The van der Waals surface area contributed by atoms with Gasteiger partial charge in [-0.25, -0.2) is 0 Å². The molecule has 2 aliphatic rings. The number of phenols is 3. The molecule has 3 heteroatoms. The molecule has 0 spiro atoms. The molecule has 40 heavy (non-hydrogen) atoms. The smallest absolute Gasteiger partial charge is 0.115 e. The number of rotatable bonds is 2. The topological polar surface area (TPSA) is 60.7 Å². The van der Waals surface area contributed by atoms with Crippen molar-refractivity contribution in [2.45, 2.75) is 83.0 Å². The second-order valence-electron chi connectivity index (χ2n) is 13.7. The first-order chi connectivity index (χ1) is 18.7. The molecule has 3 N–H and O–H groups in total. The van der Waals surface area contributed by atoms with Crippen molar-refractivity contribution in [3.8, 4) is 17.2 Å². The first-order valence-corrected chi connectivity index (χ1v) is 14.2. The van der Waals surface area contributed by atoms with E-state index >= 15 is 0 Å². The molecule has 4 aromatic carbocycles. The van der Waals surface area contributed by atoms with E-state index in [4.69, 9.17) is 0 Å². The van der Waals surface area contributed by atoms with Crippen LogP contribution >= 0.6 is 0 Å². The van der Waals surface area contributed by atoms with Crippen LogP contribution in [0.4, 0.5) is 0 Å². The molecule has 6 rings (SSSR count). The third-order valence-electron chi connectivity index (χ3n) is 9.44. The fourth-order valence-corrected chi connectivity index (χ4v) is 7.57. The van der Waals surface area contributed by atoms with Crippen molar-refractivity contribution in [1.29, 1.82) is 0 Å². The van der Waals surface area contributed by atoms with Gasteiger partial charge in [0, 0.05) is 10.8 Å². The van der Waals surface area contributed by atoms with Crippen molar-refractivity contribution in [2.75, 3.05) is 0 Å². The van der Waals surface area contributed by atoms with Crippen molar-refractivity contribution < 1.29 is 15.3 Å². The van der Waals surface area contributed by atoms with Crippen molar-refractivity contribution in [1.82, 2.24) is 0 Å². The maximum Gasteiger partial charge on any atom is 0.115 e. The summed E-state index contributed by atoms with van der Waals surface area (Å²) >= 11 is 0. The maximum absolute atomic E-state index is 9.85. The van der Waals surface area contributed by atoms with Crippen molar-refractivity contribution in [3.63, 3.8) is 0 Å². The van der Waals surface area contributed by atoms with Gasteiger partial charge in [-0.05, 0) is 100 Å². The van der Waals surface area contributed by atoms with E-state index in [-0.39, 0.29) is 27.4 Å². The van der Waals surface area contributed by atoms with Crippen LogP contribution in [0.2, 0.25) is 0 Å². The predicted octanol–water partition coefficient (Wildman–Crippen LogP) is 8.77. The number of hydrogen-bond donors (Lipinski definition) is 3. The molecule has 208 valence electrons. The summed E-state index contributed by atoms with van der Waals surface area (Å²) in [5.41, 5.74) is 9.01. The molecule has 0 aromatic heterocycles. The summed E-state index contributed by atoms with van der Waals surface area (Å²) < 4.78 is 0. The number of aromatic hydroxyl groups is 3. The normalized spacial score (nSPS) is 23.6. The fourth-order valence-electron chi connectivity index (χ4n) is 7.57. The predicted molar refractivity (Wildman–Crippen MR) is 164 cm³/mol. The van der Waals surface area contributed by atoms with Crippen molar-refractivity contribution in [3.05, 3.63) is 124 Å². The lowest BCUT2D eigenvalue weighted by Crippen LogP contribution is -2.23. The van der Waals surface area contributed by atoms with E-state index in [1.165, 1.54) is 38.9 Å². The Kier molecular flexibility index (Phi) is 6.57. The monoisotopic (exact) mass is 534 g/mol. The summed E-state index contributed by atoms with van der Waals surface area (Å²) in [4.78, 5) is 0. The zero-order valence-electron chi connectivity index (χ0n) is 24.8. The highest BCUT2D eigenvalue weighted by Crippen LogP contribution is 2.54. The van der Waals surface area contributed by atoms with Gasteiger partial charge in [-0.3, -0.25) is 0 Å². The largest absolute Gasteiger partial charge is 0.508 e. The SMILES string of the molecule is CC1(C)CC(C)(c2ccc(O)cc2)c2cc(O)ccc21.Cc1ccc(C2(C)CC(C)(C)c3cc(O)ccc32)cc1. The minimum Gasteiger partial charge on any atom is -0.508 e. The van der Waals surface area contributed by atoms with Crippen LogP contribution in [0.5, 0.6) is 17.2 Å². The Hall–Kier alpha value is -3.72. The second kappa shape index (κ2) is 9.44. The number of phenolic OH excluding ortho intramolecular Hbond substituents is 3. The summed E-state index contributed by atoms with van der Waals surface area (Å²) in [5, 5.41) is 29.1. The van der Waals surface area contributed by atoms with Gasteiger partial charge in [-0.15, -0.1) is 0 Å². The number of benzene rings is 4. The van der Waals surface area contributed by atoms with Gasteiger partial charge in [0.1, 0.15) is 17.2 Å². The van der Waals surface area contributed by atoms with Crippen molar-refractivity contribution >= 4 is 0 Å². The third-order valence-corrected chi connectivity index (χ3v) is 9.44. The second-order valence-corrected chi connectivity index (χ2v) is 13.7. The molecule has 2 unspecified atom stereocenters. The molecule has 0 bridgehead atoms. The molecule has 0 saturated heterocycles. The molecule has 0 radical (unpaired) electrons. The van der Waals surface area contributed by atoms with Crippen LogP contribution in [0, 0.1) is 6.92 Å². The Balaban J connectivity index is 0.000000161. The zero-order valence-corrected chi connectivity index (χ0v) is 24.8. The van der Waals surface area contributed by atoms with E-state index in [0.717, 1.165) is 12.8 Å². The van der Waals surface area contributed by atoms with E-state index in [1.54, 1.807) is 18.2 Å². The molecular formula is C37H42O3. The van der Waals surface area contributed by atoms with Gasteiger partial charge in [0.25, 0.3) is 0 Å². The van der Waals surface area contributed by atoms with Gasteiger partial charge in [0.05, 0.1) is 0 Å². The maximum atomic E-state index is 9.85. The summed E-state index contributed by atoms with van der Waals surface area (Å²) in [6, 6.07) is 27.8. The van der Waals surface area contributed by atoms with Crippen molar-refractivity contribution in [2.24, 2.45) is 0 Å². The quantitative estimate of drug-likeness (QED) is 0.241. The van der Waals surface area contributed by atoms with Crippen LogP contribution in [0.15, 0.2) is 84.9 Å². The Morgan fingerprint density at radius 1 is 0.450 bits per heavy atom. The van der Waals surface area contributed by atoms with Gasteiger partial charge in [0.15, 0.2) is 0 Å². The van der Waals surface area contributed by atoms with Crippen LogP contribution in [0.25, 0.3) is 0 Å². The van der Waals surface area contributed by atoms with E-state index in [9.17, 15) is 15.3 Å². The first kappa shape index (κ1) is 27.8. The Morgan fingerprint density at radius 2 is 0.850 bits per heavy atom. The van der Waals surface area contributed by atoms with Gasteiger partial charge < -0.3 is 15.3 Å². The van der Waals surface area contributed by atoms with Gasteiger partial charge in [-0.2, -0.15) is 0 Å². The summed E-state index contributed by atoms with van der Waals surface area (Å²) in [7, 11) is 0. The van der Waals surface area contributed by atoms with Crippen LogP contribution < -0.4 is 0 Å². The Morgan fingerprint density at radius 3 is 1.40 bits per heavy atom. The lowest BCUT2D eigenvalue weighted by Gasteiger charge is -2.28. The molecule has 0 heterocycles. The minimum absolute atomic E-state index is 0.0280. The van der Waals surface area contributed by atoms with Gasteiger partial charge >= 0.3 is 0 Å². The molecule has 0 saturated carbocycles.